The Morgan fingerprint density at radius 3 is 2.62 bits per heavy atom. The van der Waals surface area contributed by atoms with Crippen molar-refractivity contribution in [2.75, 3.05) is 38.5 Å². The Morgan fingerprint density at radius 1 is 1.21 bits per heavy atom. The number of para-hydroxylation sites is 1. The van der Waals surface area contributed by atoms with Crippen molar-refractivity contribution in [1.82, 2.24) is 14.8 Å². The molecule has 24 heavy (non-hydrogen) atoms. The van der Waals surface area contributed by atoms with Gasteiger partial charge in [0.25, 0.3) is 0 Å². The summed E-state index contributed by atoms with van der Waals surface area (Å²) in [6.45, 7) is 4.32. The van der Waals surface area contributed by atoms with Gasteiger partial charge in [-0.25, -0.2) is 9.78 Å². The van der Waals surface area contributed by atoms with Crippen LogP contribution in [0.1, 0.15) is 6.92 Å². The molecule has 1 aliphatic heterocycles. The summed E-state index contributed by atoms with van der Waals surface area (Å²) in [5, 5.41) is 0. The molecule has 2 aromatic rings. The number of hydrogen-bond acceptors (Lipinski definition) is 6. The third kappa shape index (κ3) is 3.99. The van der Waals surface area contributed by atoms with Gasteiger partial charge in [0.15, 0.2) is 4.34 Å². The van der Waals surface area contributed by atoms with Crippen LogP contribution in [0.5, 0.6) is 0 Å². The van der Waals surface area contributed by atoms with Crippen molar-refractivity contribution in [3.63, 3.8) is 0 Å². The largest absolute Gasteiger partial charge is 0.450 e. The van der Waals surface area contributed by atoms with E-state index < -0.39 is 0 Å². The van der Waals surface area contributed by atoms with Gasteiger partial charge in [-0.1, -0.05) is 23.9 Å². The lowest BCUT2D eigenvalue weighted by Gasteiger charge is -2.33. The highest BCUT2D eigenvalue weighted by Crippen LogP contribution is 2.29. The molecule has 1 aromatic carbocycles. The molecule has 1 fully saturated rings. The van der Waals surface area contributed by atoms with E-state index in [1.54, 1.807) is 28.1 Å². The Labute approximate surface area is 148 Å². The van der Waals surface area contributed by atoms with Crippen LogP contribution in [0.4, 0.5) is 4.79 Å². The number of carbonyl (C=O) groups is 2. The van der Waals surface area contributed by atoms with Crippen LogP contribution >= 0.6 is 23.1 Å². The van der Waals surface area contributed by atoms with Crippen molar-refractivity contribution in [1.29, 1.82) is 0 Å². The van der Waals surface area contributed by atoms with Gasteiger partial charge >= 0.3 is 6.09 Å². The van der Waals surface area contributed by atoms with Crippen molar-refractivity contribution in [3.8, 4) is 0 Å². The second-order valence-electron chi connectivity index (χ2n) is 5.30. The van der Waals surface area contributed by atoms with E-state index in [0.29, 0.717) is 38.5 Å². The molecule has 0 aliphatic carbocycles. The maximum Gasteiger partial charge on any atom is 0.409 e. The number of thioether (sulfide) groups is 1. The predicted molar refractivity (Wildman–Crippen MR) is 95.5 cm³/mol. The van der Waals surface area contributed by atoms with E-state index in [9.17, 15) is 9.59 Å². The third-order valence-corrected chi connectivity index (χ3v) is 5.92. The Hall–Kier alpha value is -1.80. The molecular formula is C16H19N3O3S2. The van der Waals surface area contributed by atoms with Gasteiger partial charge in [0, 0.05) is 26.2 Å². The fraction of sp³-hybridized carbons (Fsp3) is 0.438. The minimum Gasteiger partial charge on any atom is -0.450 e. The van der Waals surface area contributed by atoms with Gasteiger partial charge < -0.3 is 14.5 Å². The van der Waals surface area contributed by atoms with Gasteiger partial charge in [-0.2, -0.15) is 0 Å². The number of thiazole rings is 1. The van der Waals surface area contributed by atoms with Gasteiger partial charge in [0.2, 0.25) is 5.91 Å². The molecule has 128 valence electrons. The first-order chi connectivity index (χ1) is 11.7. The number of carbonyl (C=O) groups excluding carboxylic acids is 2. The topological polar surface area (TPSA) is 62.7 Å². The van der Waals surface area contributed by atoms with Gasteiger partial charge in [-0.15, -0.1) is 11.3 Å². The van der Waals surface area contributed by atoms with Crippen molar-refractivity contribution in [3.05, 3.63) is 24.3 Å². The summed E-state index contributed by atoms with van der Waals surface area (Å²) >= 11 is 3.08. The molecular weight excluding hydrogens is 346 g/mol. The predicted octanol–water partition coefficient (Wildman–Crippen LogP) is 2.69. The van der Waals surface area contributed by atoms with E-state index in [-0.39, 0.29) is 12.0 Å². The summed E-state index contributed by atoms with van der Waals surface area (Å²) in [6, 6.07) is 7.97. The summed E-state index contributed by atoms with van der Waals surface area (Å²) in [6.07, 6.45) is -0.298. The number of hydrogen-bond donors (Lipinski definition) is 0. The second-order valence-corrected chi connectivity index (χ2v) is 7.56. The second kappa shape index (κ2) is 7.85. The monoisotopic (exact) mass is 365 g/mol. The summed E-state index contributed by atoms with van der Waals surface area (Å²) in [5.74, 6) is 0.460. The molecule has 0 radical (unpaired) electrons. The van der Waals surface area contributed by atoms with Crippen molar-refractivity contribution in [2.24, 2.45) is 0 Å². The van der Waals surface area contributed by atoms with Crippen LogP contribution in [0, 0.1) is 0 Å². The van der Waals surface area contributed by atoms with Crippen LogP contribution in [0.15, 0.2) is 28.6 Å². The number of benzene rings is 1. The van der Waals surface area contributed by atoms with Crippen molar-refractivity contribution >= 4 is 45.3 Å². The minimum absolute atomic E-state index is 0.0859. The van der Waals surface area contributed by atoms with Crippen LogP contribution in [0.25, 0.3) is 10.2 Å². The summed E-state index contributed by atoms with van der Waals surface area (Å²) in [7, 11) is 0. The zero-order valence-electron chi connectivity index (χ0n) is 13.4. The number of rotatable bonds is 4. The van der Waals surface area contributed by atoms with E-state index in [0.717, 1.165) is 14.6 Å². The lowest BCUT2D eigenvalue weighted by molar-refractivity contribution is -0.129. The highest BCUT2D eigenvalue weighted by Gasteiger charge is 2.24. The molecule has 8 heteroatoms. The van der Waals surface area contributed by atoms with E-state index >= 15 is 0 Å². The third-order valence-electron chi connectivity index (χ3n) is 3.75. The standard InChI is InChI=1S/C16H19N3O3S2/c1-2-22-16(21)19-9-7-18(8-10-19)14(20)11-23-15-17-12-5-3-4-6-13(12)24-15/h3-6H,2,7-11H2,1H3. The number of amides is 2. The Balaban J connectivity index is 1.48. The zero-order valence-corrected chi connectivity index (χ0v) is 15.1. The first-order valence-electron chi connectivity index (χ1n) is 7.85. The molecule has 1 aromatic heterocycles. The van der Waals surface area contributed by atoms with E-state index in [1.165, 1.54) is 11.8 Å². The summed E-state index contributed by atoms with van der Waals surface area (Å²) < 4.78 is 7.03. The number of piperazine rings is 1. The van der Waals surface area contributed by atoms with Crippen LogP contribution < -0.4 is 0 Å². The molecule has 0 bridgehead atoms. The fourth-order valence-electron chi connectivity index (χ4n) is 2.48. The molecule has 2 heterocycles. The van der Waals surface area contributed by atoms with Crippen molar-refractivity contribution in [2.45, 2.75) is 11.3 Å². The molecule has 6 nitrogen and oxygen atoms in total. The number of ether oxygens (including phenoxy) is 1. The molecule has 0 saturated carbocycles. The number of fused-ring (bicyclic) bond motifs is 1. The molecule has 0 spiro atoms. The van der Waals surface area contributed by atoms with Crippen molar-refractivity contribution < 1.29 is 14.3 Å². The Bertz CT molecular complexity index is 693. The fourth-order valence-corrected chi connectivity index (χ4v) is 4.45. The number of aromatic nitrogens is 1. The van der Waals surface area contributed by atoms with E-state index in [4.69, 9.17) is 4.74 Å². The minimum atomic E-state index is -0.298. The first kappa shape index (κ1) is 17.0. The summed E-state index contributed by atoms with van der Waals surface area (Å²) in [5.41, 5.74) is 0.973. The van der Waals surface area contributed by atoms with Crippen LogP contribution in [0.3, 0.4) is 0 Å². The lowest BCUT2D eigenvalue weighted by Crippen LogP contribution is -2.51. The number of nitrogens with zero attached hydrogens (tertiary/aromatic N) is 3. The maximum atomic E-state index is 12.3. The average Bonchev–Trinajstić information content (AvgIpc) is 3.03. The Morgan fingerprint density at radius 2 is 1.92 bits per heavy atom. The van der Waals surface area contributed by atoms with E-state index in [2.05, 4.69) is 4.98 Å². The average molecular weight is 365 g/mol. The normalized spacial score (nSPS) is 14.9. The highest BCUT2D eigenvalue weighted by molar-refractivity contribution is 8.01. The SMILES string of the molecule is CCOC(=O)N1CCN(C(=O)CSc2nc3ccccc3s2)CC1. The Kier molecular flexibility index (Phi) is 5.57. The van der Waals surface area contributed by atoms with Gasteiger partial charge in [0.05, 0.1) is 22.6 Å². The van der Waals surface area contributed by atoms with Crippen LogP contribution in [0.2, 0.25) is 0 Å². The van der Waals surface area contributed by atoms with Gasteiger partial charge in [-0.05, 0) is 19.1 Å². The molecule has 3 rings (SSSR count). The first-order valence-corrected chi connectivity index (χ1v) is 9.65. The zero-order chi connectivity index (χ0) is 16.9. The molecule has 0 unspecified atom stereocenters. The smallest absolute Gasteiger partial charge is 0.409 e. The molecule has 2 amide bonds. The lowest BCUT2D eigenvalue weighted by atomic mass is 10.3. The highest BCUT2D eigenvalue weighted by atomic mass is 32.2. The van der Waals surface area contributed by atoms with Gasteiger partial charge in [-0.3, -0.25) is 4.79 Å². The molecule has 1 saturated heterocycles. The quantitative estimate of drug-likeness (QED) is 0.780. The molecule has 0 atom stereocenters. The molecule has 0 N–H and O–H groups in total. The van der Waals surface area contributed by atoms with Crippen LogP contribution in [-0.4, -0.2) is 65.3 Å². The van der Waals surface area contributed by atoms with Gasteiger partial charge in [0.1, 0.15) is 0 Å². The maximum absolute atomic E-state index is 12.3. The van der Waals surface area contributed by atoms with Crippen LogP contribution in [-0.2, 0) is 9.53 Å². The summed E-state index contributed by atoms with van der Waals surface area (Å²) in [4.78, 5) is 32.0. The van der Waals surface area contributed by atoms with E-state index in [1.807, 2.05) is 24.3 Å². The molecule has 1 aliphatic rings.